The highest BCUT2D eigenvalue weighted by Crippen LogP contribution is 2.24. The number of anilines is 4. The molecule has 4 nitrogen and oxygen atoms in total. The summed E-state index contributed by atoms with van der Waals surface area (Å²) in [5.41, 5.74) is 14.6. The van der Waals surface area contributed by atoms with Crippen LogP contribution in [0.2, 0.25) is 0 Å². The van der Waals surface area contributed by atoms with E-state index in [1.165, 1.54) is 0 Å². The van der Waals surface area contributed by atoms with Crippen molar-refractivity contribution in [3.63, 3.8) is 0 Å². The summed E-state index contributed by atoms with van der Waals surface area (Å²) in [5.74, 6) is 0. The zero-order valence-electron chi connectivity index (χ0n) is 9.14. The Balaban J connectivity index is 2.32. The van der Waals surface area contributed by atoms with E-state index in [9.17, 15) is 0 Å². The monoisotopic (exact) mass is 224 g/mol. The minimum absolute atomic E-state index is 0.518. The van der Waals surface area contributed by atoms with Gasteiger partial charge in [0.2, 0.25) is 0 Å². The number of hydrogen-bond donors (Lipinski definition) is 3. The number of nitrogen functional groups attached to an aromatic ring is 2. The maximum atomic E-state index is 8.96. The Hall–Kier alpha value is -2.67. The van der Waals surface area contributed by atoms with Gasteiger partial charge < -0.3 is 16.8 Å². The number of nitriles is 1. The van der Waals surface area contributed by atoms with E-state index in [2.05, 4.69) is 11.4 Å². The maximum Gasteiger partial charge on any atom is 0.101 e. The number of benzene rings is 2. The zero-order chi connectivity index (χ0) is 12.3. The SMILES string of the molecule is N#Cc1ccccc1Nc1ccc(N)c(N)c1. The lowest BCUT2D eigenvalue weighted by Gasteiger charge is -2.09. The number of nitrogens with zero attached hydrogens (tertiary/aromatic N) is 1. The molecule has 2 rings (SSSR count). The fraction of sp³-hybridized carbons (Fsp3) is 0. The first kappa shape index (κ1) is 10.8. The van der Waals surface area contributed by atoms with Crippen molar-refractivity contribution < 1.29 is 0 Å². The van der Waals surface area contributed by atoms with Gasteiger partial charge in [-0.05, 0) is 30.3 Å². The minimum Gasteiger partial charge on any atom is -0.397 e. The number of para-hydroxylation sites is 1. The summed E-state index contributed by atoms with van der Waals surface area (Å²) in [6, 6.07) is 14.7. The number of hydrogen-bond acceptors (Lipinski definition) is 4. The Labute approximate surface area is 99.5 Å². The quantitative estimate of drug-likeness (QED) is 0.684. The first-order valence-electron chi connectivity index (χ1n) is 5.12. The molecule has 2 aromatic rings. The summed E-state index contributed by atoms with van der Waals surface area (Å²) < 4.78 is 0. The predicted octanol–water partition coefficient (Wildman–Crippen LogP) is 2.47. The van der Waals surface area contributed by atoms with Gasteiger partial charge in [0.1, 0.15) is 6.07 Å². The van der Waals surface area contributed by atoms with Crippen LogP contribution in [0, 0.1) is 11.3 Å². The van der Waals surface area contributed by atoms with Crippen molar-refractivity contribution in [1.82, 2.24) is 0 Å². The van der Waals surface area contributed by atoms with Gasteiger partial charge in [0.25, 0.3) is 0 Å². The molecule has 17 heavy (non-hydrogen) atoms. The van der Waals surface area contributed by atoms with E-state index in [4.69, 9.17) is 16.7 Å². The summed E-state index contributed by atoms with van der Waals surface area (Å²) in [5, 5.41) is 12.1. The van der Waals surface area contributed by atoms with E-state index in [1.807, 2.05) is 24.3 Å². The highest BCUT2D eigenvalue weighted by molar-refractivity contribution is 5.74. The Morgan fingerprint density at radius 1 is 1.00 bits per heavy atom. The molecule has 0 saturated heterocycles. The Kier molecular flexibility index (Phi) is 2.84. The van der Waals surface area contributed by atoms with Crippen molar-refractivity contribution in [2.75, 3.05) is 16.8 Å². The highest BCUT2D eigenvalue weighted by atomic mass is 14.9. The first-order chi connectivity index (χ1) is 8.20. The van der Waals surface area contributed by atoms with Gasteiger partial charge in [-0.1, -0.05) is 12.1 Å². The summed E-state index contributed by atoms with van der Waals surface area (Å²) in [6.45, 7) is 0. The molecule has 0 amide bonds. The van der Waals surface area contributed by atoms with Crippen LogP contribution in [0.25, 0.3) is 0 Å². The fourth-order valence-electron chi connectivity index (χ4n) is 1.50. The van der Waals surface area contributed by atoms with Crippen LogP contribution >= 0.6 is 0 Å². The molecule has 0 aliphatic heterocycles. The molecule has 0 radical (unpaired) electrons. The molecule has 0 bridgehead atoms. The molecular weight excluding hydrogens is 212 g/mol. The molecule has 0 aliphatic rings. The van der Waals surface area contributed by atoms with E-state index in [0.29, 0.717) is 16.9 Å². The first-order valence-corrected chi connectivity index (χ1v) is 5.12. The van der Waals surface area contributed by atoms with E-state index in [1.54, 1.807) is 18.2 Å². The second-order valence-corrected chi connectivity index (χ2v) is 3.63. The van der Waals surface area contributed by atoms with Gasteiger partial charge >= 0.3 is 0 Å². The van der Waals surface area contributed by atoms with Crippen molar-refractivity contribution in [1.29, 1.82) is 5.26 Å². The second-order valence-electron chi connectivity index (χ2n) is 3.63. The van der Waals surface area contributed by atoms with E-state index < -0.39 is 0 Å². The summed E-state index contributed by atoms with van der Waals surface area (Å²) in [6.07, 6.45) is 0. The van der Waals surface area contributed by atoms with Crippen molar-refractivity contribution in [3.05, 3.63) is 48.0 Å². The molecule has 0 spiro atoms. The van der Waals surface area contributed by atoms with E-state index in [0.717, 1.165) is 11.4 Å². The van der Waals surface area contributed by atoms with Crippen molar-refractivity contribution in [2.45, 2.75) is 0 Å². The predicted molar refractivity (Wildman–Crippen MR) is 69.7 cm³/mol. The maximum absolute atomic E-state index is 8.96. The van der Waals surface area contributed by atoms with E-state index in [-0.39, 0.29) is 0 Å². The van der Waals surface area contributed by atoms with Crippen LogP contribution in [0.15, 0.2) is 42.5 Å². The zero-order valence-corrected chi connectivity index (χ0v) is 9.14. The third-order valence-corrected chi connectivity index (χ3v) is 2.41. The topological polar surface area (TPSA) is 87.9 Å². The normalized spacial score (nSPS) is 9.59. The molecule has 0 aliphatic carbocycles. The molecule has 84 valence electrons. The molecule has 0 atom stereocenters. The van der Waals surface area contributed by atoms with E-state index >= 15 is 0 Å². The lowest BCUT2D eigenvalue weighted by atomic mass is 10.2. The van der Waals surface area contributed by atoms with Gasteiger partial charge in [-0.2, -0.15) is 5.26 Å². The van der Waals surface area contributed by atoms with Gasteiger partial charge in [-0.25, -0.2) is 0 Å². The molecule has 0 fully saturated rings. The second kappa shape index (κ2) is 4.45. The van der Waals surface area contributed by atoms with Crippen molar-refractivity contribution in [3.8, 4) is 6.07 Å². The third kappa shape index (κ3) is 2.29. The molecule has 4 heteroatoms. The molecular formula is C13H12N4. The summed E-state index contributed by atoms with van der Waals surface area (Å²) >= 11 is 0. The number of nitrogens with two attached hydrogens (primary N) is 2. The third-order valence-electron chi connectivity index (χ3n) is 2.41. The lowest BCUT2D eigenvalue weighted by Crippen LogP contribution is -1.97. The molecule has 5 N–H and O–H groups in total. The number of rotatable bonds is 2. The lowest BCUT2D eigenvalue weighted by molar-refractivity contribution is 1.46. The van der Waals surface area contributed by atoms with Crippen LogP contribution in [0.5, 0.6) is 0 Å². The van der Waals surface area contributed by atoms with Gasteiger partial charge in [0.15, 0.2) is 0 Å². The fourth-order valence-corrected chi connectivity index (χ4v) is 1.50. The van der Waals surface area contributed by atoms with Crippen molar-refractivity contribution >= 4 is 22.7 Å². The smallest absolute Gasteiger partial charge is 0.101 e. The van der Waals surface area contributed by atoms with Gasteiger partial charge in [-0.15, -0.1) is 0 Å². The average Bonchev–Trinajstić information content (AvgIpc) is 2.34. The number of nitrogens with one attached hydrogen (secondary N) is 1. The molecule has 0 heterocycles. The van der Waals surface area contributed by atoms with Crippen LogP contribution in [-0.2, 0) is 0 Å². The minimum atomic E-state index is 0.518. The van der Waals surface area contributed by atoms with Crippen LogP contribution in [0.3, 0.4) is 0 Å². The summed E-state index contributed by atoms with van der Waals surface area (Å²) in [4.78, 5) is 0. The average molecular weight is 224 g/mol. The molecule has 2 aromatic carbocycles. The molecule has 0 saturated carbocycles. The summed E-state index contributed by atoms with van der Waals surface area (Å²) in [7, 11) is 0. The van der Waals surface area contributed by atoms with Crippen LogP contribution in [-0.4, -0.2) is 0 Å². The standard InChI is InChI=1S/C13H12N4/c14-8-9-3-1-2-4-13(9)17-10-5-6-11(15)12(16)7-10/h1-7,17H,15-16H2. The van der Waals surface area contributed by atoms with Crippen LogP contribution in [0.1, 0.15) is 5.56 Å². The van der Waals surface area contributed by atoms with Gasteiger partial charge in [0, 0.05) is 5.69 Å². The largest absolute Gasteiger partial charge is 0.397 e. The Bertz CT molecular complexity index is 584. The Morgan fingerprint density at radius 3 is 2.47 bits per heavy atom. The van der Waals surface area contributed by atoms with Crippen LogP contribution in [0.4, 0.5) is 22.7 Å². The van der Waals surface area contributed by atoms with Crippen molar-refractivity contribution in [2.24, 2.45) is 0 Å². The molecule has 0 aromatic heterocycles. The van der Waals surface area contributed by atoms with Gasteiger partial charge in [-0.3, -0.25) is 0 Å². The highest BCUT2D eigenvalue weighted by Gasteiger charge is 2.02. The van der Waals surface area contributed by atoms with Gasteiger partial charge in [0.05, 0.1) is 22.6 Å². The Morgan fingerprint density at radius 2 is 1.76 bits per heavy atom. The van der Waals surface area contributed by atoms with Crippen LogP contribution < -0.4 is 16.8 Å². The molecule has 0 unspecified atom stereocenters.